The first-order valence-corrected chi connectivity index (χ1v) is 5.33. The molecule has 1 radical (unpaired) electrons. The van der Waals surface area contributed by atoms with E-state index in [0.717, 1.165) is 12.1 Å². The third kappa shape index (κ3) is 3.58. The van der Waals surface area contributed by atoms with Crippen LogP contribution in [0.1, 0.15) is 15.9 Å². The molecule has 5 heteroatoms. The number of halogens is 3. The minimum absolute atomic E-state index is 0.275. The van der Waals surface area contributed by atoms with Gasteiger partial charge in [-0.05, 0) is 30.3 Å². The molecule has 0 unspecified atom stereocenters. The van der Waals surface area contributed by atoms with Crippen LogP contribution in [0.5, 0.6) is 5.75 Å². The van der Waals surface area contributed by atoms with Gasteiger partial charge in [-0.15, -0.1) is 13.2 Å². The molecule has 0 aromatic heterocycles. The molecule has 97 valence electrons. The summed E-state index contributed by atoms with van der Waals surface area (Å²) in [7, 11) is 0. The summed E-state index contributed by atoms with van der Waals surface area (Å²) in [6, 6.07) is 14.1. The van der Waals surface area contributed by atoms with Crippen molar-refractivity contribution < 1.29 is 22.7 Å². The molecule has 0 N–H and O–H groups in total. The van der Waals surface area contributed by atoms with Gasteiger partial charge in [0, 0.05) is 11.1 Å². The molecule has 2 nitrogen and oxygen atoms in total. The van der Waals surface area contributed by atoms with Gasteiger partial charge in [-0.3, -0.25) is 4.79 Å². The molecule has 0 fully saturated rings. The summed E-state index contributed by atoms with van der Waals surface area (Å²) in [4.78, 5) is 11.9. The van der Waals surface area contributed by atoms with Crippen LogP contribution < -0.4 is 4.74 Å². The SMILES string of the molecule is O=C(c1[c]cccc1)c1ccc(OC(F)(F)F)cc1. The highest BCUT2D eigenvalue weighted by Crippen LogP contribution is 2.23. The van der Waals surface area contributed by atoms with E-state index in [9.17, 15) is 18.0 Å². The van der Waals surface area contributed by atoms with E-state index in [4.69, 9.17) is 0 Å². The van der Waals surface area contributed by atoms with Crippen LogP contribution in [0, 0.1) is 6.07 Å². The highest BCUT2D eigenvalue weighted by atomic mass is 19.4. The van der Waals surface area contributed by atoms with E-state index in [2.05, 4.69) is 10.8 Å². The molecule has 0 saturated carbocycles. The van der Waals surface area contributed by atoms with Crippen LogP contribution in [0.15, 0.2) is 48.5 Å². The number of ketones is 1. The number of alkyl halides is 3. The number of benzene rings is 2. The third-order valence-corrected chi connectivity index (χ3v) is 2.30. The Labute approximate surface area is 107 Å². The van der Waals surface area contributed by atoms with Gasteiger partial charge in [0.1, 0.15) is 5.75 Å². The number of hydrogen-bond donors (Lipinski definition) is 0. The van der Waals surface area contributed by atoms with Gasteiger partial charge in [0.25, 0.3) is 0 Å². The van der Waals surface area contributed by atoms with Crippen molar-refractivity contribution in [3.63, 3.8) is 0 Å². The molecule has 0 heterocycles. The molecule has 0 spiro atoms. The Morgan fingerprint density at radius 2 is 1.74 bits per heavy atom. The number of carbonyl (C=O) groups excluding carboxylic acids is 1. The summed E-state index contributed by atoms with van der Waals surface area (Å²) in [5.41, 5.74) is 0.629. The van der Waals surface area contributed by atoms with E-state index < -0.39 is 6.36 Å². The minimum atomic E-state index is -4.74. The molecular weight excluding hydrogens is 257 g/mol. The Kier molecular flexibility index (Phi) is 3.55. The molecule has 2 rings (SSSR count). The van der Waals surface area contributed by atoms with E-state index in [-0.39, 0.29) is 17.1 Å². The second kappa shape index (κ2) is 5.14. The van der Waals surface area contributed by atoms with Crippen molar-refractivity contribution in [3.05, 3.63) is 65.7 Å². The summed E-state index contributed by atoms with van der Waals surface area (Å²) in [6.07, 6.45) is -4.74. The van der Waals surface area contributed by atoms with Gasteiger partial charge in [0.05, 0.1) is 0 Å². The lowest BCUT2D eigenvalue weighted by Gasteiger charge is -2.08. The van der Waals surface area contributed by atoms with Crippen LogP contribution in [0.3, 0.4) is 0 Å². The fourth-order valence-corrected chi connectivity index (χ4v) is 1.50. The summed E-state index contributed by atoms with van der Waals surface area (Å²) < 4.78 is 39.6. The van der Waals surface area contributed by atoms with Crippen LogP contribution in [-0.2, 0) is 0 Å². The van der Waals surface area contributed by atoms with E-state index in [1.54, 1.807) is 24.3 Å². The lowest BCUT2D eigenvalue weighted by molar-refractivity contribution is -0.274. The summed E-state index contributed by atoms with van der Waals surface area (Å²) in [5, 5.41) is 0. The zero-order chi connectivity index (χ0) is 13.9. The van der Waals surface area contributed by atoms with E-state index in [0.29, 0.717) is 5.56 Å². The van der Waals surface area contributed by atoms with E-state index in [1.165, 1.54) is 12.1 Å². The normalized spacial score (nSPS) is 11.1. The summed E-state index contributed by atoms with van der Waals surface area (Å²) in [5.74, 6) is -0.666. The minimum Gasteiger partial charge on any atom is -0.406 e. The Morgan fingerprint density at radius 1 is 1.05 bits per heavy atom. The van der Waals surface area contributed by atoms with Gasteiger partial charge in [-0.1, -0.05) is 24.3 Å². The van der Waals surface area contributed by atoms with Crippen molar-refractivity contribution in [1.82, 2.24) is 0 Å². The highest BCUT2D eigenvalue weighted by molar-refractivity contribution is 6.08. The molecule has 0 aliphatic heterocycles. The zero-order valence-electron chi connectivity index (χ0n) is 9.57. The van der Waals surface area contributed by atoms with Crippen LogP contribution in [-0.4, -0.2) is 12.1 Å². The fourth-order valence-electron chi connectivity index (χ4n) is 1.50. The van der Waals surface area contributed by atoms with Crippen molar-refractivity contribution in [2.45, 2.75) is 6.36 Å². The van der Waals surface area contributed by atoms with Gasteiger partial charge in [0.15, 0.2) is 5.78 Å². The second-order valence-electron chi connectivity index (χ2n) is 3.68. The van der Waals surface area contributed by atoms with Gasteiger partial charge >= 0.3 is 6.36 Å². The largest absolute Gasteiger partial charge is 0.573 e. The number of hydrogen-bond acceptors (Lipinski definition) is 2. The van der Waals surface area contributed by atoms with Crippen LogP contribution >= 0.6 is 0 Å². The van der Waals surface area contributed by atoms with Crippen molar-refractivity contribution in [2.75, 3.05) is 0 Å². The molecule has 0 aliphatic carbocycles. The smallest absolute Gasteiger partial charge is 0.406 e. The number of rotatable bonds is 3. The maximum atomic E-state index is 12.0. The Morgan fingerprint density at radius 3 is 2.26 bits per heavy atom. The highest BCUT2D eigenvalue weighted by Gasteiger charge is 2.31. The van der Waals surface area contributed by atoms with Gasteiger partial charge < -0.3 is 4.74 Å². The molecule has 2 aromatic rings. The lowest BCUT2D eigenvalue weighted by Crippen LogP contribution is -2.17. The van der Waals surface area contributed by atoms with Gasteiger partial charge in [0.2, 0.25) is 0 Å². The maximum Gasteiger partial charge on any atom is 0.573 e. The summed E-state index contributed by atoms with van der Waals surface area (Å²) >= 11 is 0. The van der Waals surface area contributed by atoms with Crippen molar-refractivity contribution in [3.8, 4) is 5.75 Å². The second-order valence-corrected chi connectivity index (χ2v) is 3.68. The van der Waals surface area contributed by atoms with Crippen LogP contribution in [0.4, 0.5) is 13.2 Å². The first kappa shape index (κ1) is 13.1. The molecule has 19 heavy (non-hydrogen) atoms. The van der Waals surface area contributed by atoms with Gasteiger partial charge in [-0.2, -0.15) is 0 Å². The average Bonchev–Trinajstić information content (AvgIpc) is 2.38. The predicted molar refractivity (Wildman–Crippen MR) is 61.8 cm³/mol. The topological polar surface area (TPSA) is 26.3 Å². The van der Waals surface area contributed by atoms with Crippen LogP contribution in [0.2, 0.25) is 0 Å². The zero-order valence-corrected chi connectivity index (χ0v) is 9.57. The first-order valence-electron chi connectivity index (χ1n) is 5.33. The first-order chi connectivity index (χ1) is 8.96. The average molecular weight is 265 g/mol. The molecule has 0 saturated heterocycles. The molecule has 0 atom stereocenters. The van der Waals surface area contributed by atoms with E-state index in [1.807, 2.05) is 0 Å². The monoisotopic (exact) mass is 265 g/mol. The van der Waals surface area contributed by atoms with E-state index >= 15 is 0 Å². The maximum absolute atomic E-state index is 12.0. The standard InChI is InChI=1S/C14H8F3O2/c15-14(16,17)19-12-8-6-11(7-9-12)13(18)10-4-2-1-3-5-10/h1-4,6-9H. The van der Waals surface area contributed by atoms with Gasteiger partial charge in [-0.25, -0.2) is 0 Å². The summed E-state index contributed by atoms with van der Waals surface area (Å²) in [6.45, 7) is 0. The molecule has 2 aromatic carbocycles. The Hall–Kier alpha value is -2.30. The van der Waals surface area contributed by atoms with Crippen molar-refractivity contribution in [2.24, 2.45) is 0 Å². The van der Waals surface area contributed by atoms with Crippen LogP contribution in [0.25, 0.3) is 0 Å². The molecule has 0 amide bonds. The molecule has 0 aliphatic rings. The van der Waals surface area contributed by atoms with Crippen molar-refractivity contribution in [1.29, 1.82) is 0 Å². The predicted octanol–water partition coefficient (Wildman–Crippen LogP) is 3.62. The number of carbonyl (C=O) groups is 1. The Bertz CT molecular complexity index is 559. The number of ether oxygens (including phenoxy) is 1. The molecular formula is C14H8F3O2. The lowest BCUT2D eigenvalue weighted by atomic mass is 10.0. The fraction of sp³-hybridized carbons (Fsp3) is 0.0714. The molecule has 0 bridgehead atoms. The van der Waals surface area contributed by atoms with Crippen molar-refractivity contribution >= 4 is 5.78 Å². The third-order valence-electron chi connectivity index (χ3n) is 2.30. The quantitative estimate of drug-likeness (QED) is 0.792. The Balaban J connectivity index is 2.17.